The van der Waals surface area contributed by atoms with Gasteiger partial charge in [-0.3, -0.25) is 14.5 Å². The smallest absolute Gasteiger partial charge is 0.253 e. The van der Waals surface area contributed by atoms with Crippen LogP contribution in [0.2, 0.25) is 0 Å². The van der Waals surface area contributed by atoms with E-state index in [-0.39, 0.29) is 17.9 Å². The predicted octanol–water partition coefficient (Wildman–Crippen LogP) is 2.97. The molecule has 0 aromatic heterocycles. The van der Waals surface area contributed by atoms with Crippen molar-refractivity contribution in [3.63, 3.8) is 0 Å². The number of carbonyl (C=O) groups is 2. The maximum atomic E-state index is 13.0. The number of carbonyl (C=O) groups excluding carboxylic acids is 2. The van der Waals surface area contributed by atoms with Crippen LogP contribution in [0, 0.1) is 0 Å². The van der Waals surface area contributed by atoms with Gasteiger partial charge in [-0.15, -0.1) is 0 Å². The van der Waals surface area contributed by atoms with Crippen LogP contribution in [0.15, 0.2) is 24.3 Å². The normalized spacial score (nSPS) is 20.0. The Kier molecular flexibility index (Phi) is 6.53. The van der Waals surface area contributed by atoms with E-state index in [2.05, 4.69) is 24.8 Å². The summed E-state index contributed by atoms with van der Waals surface area (Å²) in [5.74, 6) is 0.768. The molecule has 1 atom stereocenters. The Bertz CT molecular complexity index is 667. The quantitative estimate of drug-likeness (QED) is 0.817. The molecule has 0 aliphatic carbocycles. The molecule has 2 aliphatic heterocycles. The summed E-state index contributed by atoms with van der Waals surface area (Å²) in [7, 11) is 0. The summed E-state index contributed by atoms with van der Waals surface area (Å²) in [6.45, 7) is 11.2. The summed E-state index contributed by atoms with van der Waals surface area (Å²) in [5.41, 5.74) is 1.97. The van der Waals surface area contributed by atoms with Gasteiger partial charge >= 0.3 is 0 Å². The number of hydrogen-bond acceptors (Lipinski definition) is 3. The molecular weight excluding hydrogens is 338 g/mol. The standard InChI is InChI=1S/C22H33N3O2/c1-17(2)19-8-6-9-20(16-19)22(27)25-13-7-12-23(14-15-25)18(3)21(26)24-10-4-5-11-24/h6,8-9,16-18H,4-5,7,10-15H2,1-3H3. The summed E-state index contributed by atoms with van der Waals surface area (Å²) >= 11 is 0. The summed E-state index contributed by atoms with van der Waals surface area (Å²) in [6.07, 6.45) is 3.15. The zero-order valence-corrected chi connectivity index (χ0v) is 17.0. The molecule has 3 rings (SSSR count). The summed E-state index contributed by atoms with van der Waals surface area (Å²) in [5, 5.41) is 0. The highest BCUT2D eigenvalue weighted by Gasteiger charge is 2.29. The lowest BCUT2D eigenvalue weighted by Gasteiger charge is -2.30. The first-order chi connectivity index (χ1) is 13.0. The minimum Gasteiger partial charge on any atom is -0.341 e. The molecule has 0 spiro atoms. The van der Waals surface area contributed by atoms with Gasteiger partial charge in [0, 0.05) is 44.8 Å². The van der Waals surface area contributed by atoms with Gasteiger partial charge in [-0.1, -0.05) is 26.0 Å². The lowest BCUT2D eigenvalue weighted by molar-refractivity contribution is -0.135. The van der Waals surface area contributed by atoms with Crippen LogP contribution in [0.25, 0.3) is 0 Å². The van der Waals surface area contributed by atoms with Crippen LogP contribution in [0.4, 0.5) is 0 Å². The minimum absolute atomic E-state index is 0.0950. The average Bonchev–Trinajstić information content (AvgIpc) is 3.11. The maximum absolute atomic E-state index is 13.0. The van der Waals surface area contributed by atoms with E-state index in [0.717, 1.165) is 57.5 Å². The monoisotopic (exact) mass is 371 g/mol. The van der Waals surface area contributed by atoms with Crippen LogP contribution in [0.5, 0.6) is 0 Å². The van der Waals surface area contributed by atoms with Gasteiger partial charge in [0.2, 0.25) is 5.91 Å². The van der Waals surface area contributed by atoms with E-state index >= 15 is 0 Å². The number of benzene rings is 1. The van der Waals surface area contributed by atoms with E-state index in [1.54, 1.807) is 0 Å². The molecule has 27 heavy (non-hydrogen) atoms. The van der Waals surface area contributed by atoms with Crippen LogP contribution in [-0.4, -0.2) is 71.8 Å². The third kappa shape index (κ3) is 4.70. The lowest BCUT2D eigenvalue weighted by atomic mass is 10.0. The van der Waals surface area contributed by atoms with Gasteiger partial charge in [-0.25, -0.2) is 0 Å². The van der Waals surface area contributed by atoms with E-state index in [4.69, 9.17) is 0 Å². The molecule has 5 heteroatoms. The summed E-state index contributed by atoms with van der Waals surface area (Å²) < 4.78 is 0. The molecule has 2 aliphatic rings. The molecule has 0 saturated carbocycles. The molecule has 2 amide bonds. The molecule has 0 bridgehead atoms. The Balaban J connectivity index is 1.61. The molecular formula is C22H33N3O2. The lowest BCUT2D eigenvalue weighted by Crippen LogP contribution is -2.47. The van der Waals surface area contributed by atoms with Crippen molar-refractivity contribution in [1.82, 2.24) is 14.7 Å². The van der Waals surface area contributed by atoms with Gasteiger partial charge < -0.3 is 9.80 Å². The van der Waals surface area contributed by atoms with Gasteiger partial charge in [0.15, 0.2) is 0 Å². The Hall–Kier alpha value is -1.88. The number of rotatable bonds is 4. The number of nitrogens with zero attached hydrogens (tertiary/aromatic N) is 3. The first kappa shape index (κ1) is 19.9. The highest BCUT2D eigenvalue weighted by Crippen LogP contribution is 2.18. The van der Waals surface area contributed by atoms with Crippen molar-refractivity contribution >= 4 is 11.8 Å². The fourth-order valence-electron chi connectivity index (χ4n) is 4.10. The summed E-state index contributed by atoms with van der Waals surface area (Å²) in [4.78, 5) is 31.9. The van der Waals surface area contributed by atoms with E-state index in [0.29, 0.717) is 12.5 Å². The molecule has 1 aromatic carbocycles. The van der Waals surface area contributed by atoms with Crippen molar-refractivity contribution in [3.05, 3.63) is 35.4 Å². The minimum atomic E-state index is -0.0950. The van der Waals surface area contributed by atoms with Crippen molar-refractivity contribution in [2.24, 2.45) is 0 Å². The van der Waals surface area contributed by atoms with Gasteiger partial charge in [-0.2, -0.15) is 0 Å². The second kappa shape index (κ2) is 8.87. The Morgan fingerprint density at radius 2 is 1.56 bits per heavy atom. The zero-order chi connectivity index (χ0) is 19.4. The Morgan fingerprint density at radius 3 is 2.26 bits per heavy atom. The highest BCUT2D eigenvalue weighted by atomic mass is 16.2. The van der Waals surface area contributed by atoms with Crippen LogP contribution in [0.1, 0.15) is 61.9 Å². The molecule has 2 saturated heterocycles. The molecule has 2 heterocycles. The van der Waals surface area contributed by atoms with E-state index in [9.17, 15) is 9.59 Å². The molecule has 1 aromatic rings. The molecule has 1 unspecified atom stereocenters. The van der Waals surface area contributed by atoms with Crippen molar-refractivity contribution in [2.75, 3.05) is 39.3 Å². The number of likely N-dealkylation sites (tertiary alicyclic amines) is 1. The third-order valence-corrected chi connectivity index (χ3v) is 5.94. The first-order valence-corrected chi connectivity index (χ1v) is 10.4. The molecule has 0 N–H and O–H groups in total. The highest BCUT2D eigenvalue weighted by molar-refractivity contribution is 5.94. The molecule has 5 nitrogen and oxygen atoms in total. The van der Waals surface area contributed by atoms with Gasteiger partial charge in [0.25, 0.3) is 5.91 Å². The van der Waals surface area contributed by atoms with E-state index < -0.39 is 0 Å². The second-order valence-corrected chi connectivity index (χ2v) is 8.17. The maximum Gasteiger partial charge on any atom is 0.253 e. The van der Waals surface area contributed by atoms with Crippen molar-refractivity contribution in [1.29, 1.82) is 0 Å². The fraction of sp³-hybridized carbons (Fsp3) is 0.636. The van der Waals surface area contributed by atoms with E-state index in [1.807, 2.05) is 34.9 Å². The van der Waals surface area contributed by atoms with Crippen molar-refractivity contribution in [3.8, 4) is 0 Å². The van der Waals surface area contributed by atoms with Gasteiger partial charge in [-0.05, 0) is 49.8 Å². The predicted molar refractivity (Wildman–Crippen MR) is 108 cm³/mol. The third-order valence-electron chi connectivity index (χ3n) is 5.94. The second-order valence-electron chi connectivity index (χ2n) is 8.17. The SMILES string of the molecule is CC(C)c1cccc(C(=O)N2CCCN(C(C)C(=O)N3CCCC3)CC2)c1. The van der Waals surface area contributed by atoms with Crippen LogP contribution in [0.3, 0.4) is 0 Å². The van der Waals surface area contributed by atoms with Crippen LogP contribution < -0.4 is 0 Å². The Morgan fingerprint density at radius 1 is 0.852 bits per heavy atom. The van der Waals surface area contributed by atoms with Gasteiger partial charge in [0.1, 0.15) is 0 Å². The topological polar surface area (TPSA) is 43.9 Å². The molecule has 2 fully saturated rings. The fourth-order valence-corrected chi connectivity index (χ4v) is 4.10. The van der Waals surface area contributed by atoms with Crippen molar-refractivity contribution in [2.45, 2.75) is 52.0 Å². The van der Waals surface area contributed by atoms with Crippen LogP contribution >= 0.6 is 0 Å². The zero-order valence-electron chi connectivity index (χ0n) is 17.0. The number of amides is 2. The average molecular weight is 372 g/mol. The molecule has 0 radical (unpaired) electrons. The van der Waals surface area contributed by atoms with Crippen molar-refractivity contribution < 1.29 is 9.59 Å². The van der Waals surface area contributed by atoms with E-state index in [1.165, 1.54) is 5.56 Å². The van der Waals surface area contributed by atoms with Crippen LogP contribution in [-0.2, 0) is 4.79 Å². The Labute approximate surface area is 163 Å². The largest absolute Gasteiger partial charge is 0.341 e. The van der Waals surface area contributed by atoms with Gasteiger partial charge in [0.05, 0.1) is 6.04 Å². The number of hydrogen-bond donors (Lipinski definition) is 0. The summed E-state index contributed by atoms with van der Waals surface area (Å²) in [6, 6.07) is 7.90. The molecule has 148 valence electrons. The first-order valence-electron chi connectivity index (χ1n) is 10.4.